The fraction of sp³-hybridized carbons (Fsp3) is 0.412. The van der Waals surface area contributed by atoms with Gasteiger partial charge in [-0.1, -0.05) is 84.7 Å². The van der Waals surface area contributed by atoms with Crippen LogP contribution in [0.4, 0.5) is 0 Å². The Kier molecular flexibility index (Phi) is 14.6. The van der Waals surface area contributed by atoms with Crippen molar-refractivity contribution < 1.29 is 38.8 Å². The summed E-state index contributed by atoms with van der Waals surface area (Å²) >= 11 is 0. The van der Waals surface area contributed by atoms with Crippen molar-refractivity contribution in [2.75, 3.05) is 40.6 Å². The van der Waals surface area contributed by atoms with Gasteiger partial charge in [-0.2, -0.15) is 0 Å². The van der Waals surface area contributed by atoms with Gasteiger partial charge in [-0.15, -0.1) is 6.58 Å². The molecule has 3 aliphatic rings. The number of likely N-dealkylation sites (N-methyl/N-ethyl adjacent to an activating group) is 1. The Bertz CT molecular complexity index is 2150. The van der Waals surface area contributed by atoms with Crippen LogP contribution in [0.5, 0.6) is 23.0 Å². The zero-order valence-electron chi connectivity index (χ0n) is 35.7. The molecule has 4 aromatic rings. The molecule has 0 saturated heterocycles. The van der Waals surface area contributed by atoms with Gasteiger partial charge in [0.2, 0.25) is 11.7 Å². The summed E-state index contributed by atoms with van der Waals surface area (Å²) in [5.74, 6) is 0.963. The Morgan fingerprint density at radius 3 is 2.36 bits per heavy atom. The van der Waals surface area contributed by atoms with Crippen LogP contribution in [0.15, 0.2) is 127 Å². The average molecular weight is 829 g/mol. The lowest BCUT2D eigenvalue weighted by Gasteiger charge is -2.59. The van der Waals surface area contributed by atoms with Crippen molar-refractivity contribution >= 4 is 11.6 Å². The summed E-state index contributed by atoms with van der Waals surface area (Å²) < 4.78 is 26.4. The number of unbranched alkanes of at least 4 members (excludes halogenated alkanes) is 2. The van der Waals surface area contributed by atoms with Gasteiger partial charge in [0.05, 0.1) is 31.8 Å². The summed E-state index contributed by atoms with van der Waals surface area (Å²) in [6.07, 6.45) is 9.32. The molecule has 0 unspecified atom stereocenters. The highest BCUT2D eigenvalue weighted by Gasteiger charge is 2.65. The van der Waals surface area contributed by atoms with Crippen LogP contribution in [0.3, 0.4) is 0 Å². The second-order valence-electron chi connectivity index (χ2n) is 16.2. The molecule has 0 spiro atoms. The maximum Gasteiger partial charge on any atom is 0.239 e. The number of aliphatic hydroxyl groups excluding tert-OH is 2. The molecule has 7 rings (SSSR count). The molecule has 6 atom stereocenters. The molecule has 322 valence electrons. The van der Waals surface area contributed by atoms with Gasteiger partial charge < -0.3 is 38.9 Å². The number of hydrogen-bond donors (Lipinski definition) is 2. The van der Waals surface area contributed by atoms with Crippen LogP contribution in [0, 0.1) is 17.8 Å². The van der Waals surface area contributed by atoms with Crippen LogP contribution in [-0.2, 0) is 20.8 Å². The first-order valence-corrected chi connectivity index (χ1v) is 21.8. The number of amides is 1. The minimum absolute atomic E-state index is 0.0960. The van der Waals surface area contributed by atoms with E-state index < -0.39 is 17.7 Å². The molecular weight excluding hydrogens is 769 g/mol. The number of carbonyl (C=O) groups excluding carboxylic acids is 1. The van der Waals surface area contributed by atoms with E-state index in [1.54, 1.807) is 18.1 Å². The molecule has 10 nitrogen and oxygen atoms in total. The molecule has 1 fully saturated rings. The zero-order chi connectivity index (χ0) is 42.8. The zero-order valence-corrected chi connectivity index (χ0v) is 35.7. The largest absolute Gasteiger partial charge is 0.497 e. The lowest BCUT2D eigenvalue weighted by Crippen LogP contribution is -2.69. The Hall–Kier alpha value is -5.42. The highest BCUT2D eigenvalue weighted by atomic mass is 16.7. The molecule has 0 radical (unpaired) electrons. The smallest absolute Gasteiger partial charge is 0.239 e. The molecule has 0 bridgehead atoms. The van der Waals surface area contributed by atoms with Gasteiger partial charge in [-0.05, 0) is 109 Å². The number of benzene rings is 4. The van der Waals surface area contributed by atoms with Gasteiger partial charge in [0.25, 0.3) is 0 Å². The van der Waals surface area contributed by atoms with Gasteiger partial charge >= 0.3 is 0 Å². The molecule has 1 saturated carbocycles. The first-order valence-electron chi connectivity index (χ1n) is 21.8. The first-order chi connectivity index (χ1) is 29.8. The van der Waals surface area contributed by atoms with Crippen LogP contribution in [0.25, 0.3) is 11.1 Å². The standard InChI is InChI=1S/C51H60N2O8/c1-5-29-58-51-47(53(3)48(56)31-35-15-14-19-40(30-35)57-4)34-45(52-59-6-2)43-32-38(18-10-12-27-54)42(20-11-13-28-55)49(50(43)51)44-33-41(25-26-46(44)61-51)60-39-23-21-37(22-24-39)36-16-8-7-9-17-36/h5,7-9,14-17,19,21-26,30,32-33,38,42,47,49-50,54-55H,1,6,10-13,18,20,27-29,31,34H2,2-4H3/t38-,42+,47-,49+,50+,51+/m0/s1. The quantitative estimate of drug-likeness (QED) is 0.0514. The fourth-order valence-electron chi connectivity index (χ4n) is 9.67. The Morgan fingerprint density at radius 1 is 0.902 bits per heavy atom. The van der Waals surface area contributed by atoms with Crippen LogP contribution in [-0.4, -0.2) is 79.1 Å². The van der Waals surface area contributed by atoms with E-state index in [4.69, 9.17) is 28.9 Å². The van der Waals surface area contributed by atoms with Crippen molar-refractivity contribution in [1.82, 2.24) is 4.90 Å². The number of rotatable bonds is 20. The van der Waals surface area contributed by atoms with Crippen LogP contribution in [0.1, 0.15) is 68.9 Å². The summed E-state index contributed by atoms with van der Waals surface area (Å²) in [6, 6.07) is 31.3. The summed E-state index contributed by atoms with van der Waals surface area (Å²) in [4.78, 5) is 22.1. The molecule has 2 N–H and O–H groups in total. The monoisotopic (exact) mass is 828 g/mol. The normalized spacial score (nSPS) is 23.2. The van der Waals surface area contributed by atoms with Crippen molar-refractivity contribution in [3.8, 4) is 34.1 Å². The topological polar surface area (TPSA) is 119 Å². The maximum atomic E-state index is 14.5. The summed E-state index contributed by atoms with van der Waals surface area (Å²) in [7, 11) is 3.44. The van der Waals surface area contributed by atoms with E-state index in [0.717, 1.165) is 59.2 Å². The Morgan fingerprint density at radius 2 is 1.64 bits per heavy atom. The number of ether oxygens (including phenoxy) is 4. The van der Waals surface area contributed by atoms with E-state index in [1.807, 2.05) is 80.7 Å². The number of hydrogen-bond acceptors (Lipinski definition) is 9. The van der Waals surface area contributed by atoms with E-state index in [9.17, 15) is 15.0 Å². The summed E-state index contributed by atoms with van der Waals surface area (Å²) in [6.45, 7) is 6.75. The number of methoxy groups -OCH3 is 1. The molecule has 10 heteroatoms. The number of oxime groups is 1. The van der Waals surface area contributed by atoms with Crippen LogP contribution < -0.4 is 14.2 Å². The van der Waals surface area contributed by atoms with Crippen molar-refractivity contribution in [2.24, 2.45) is 22.9 Å². The lowest BCUT2D eigenvalue weighted by atomic mass is 9.55. The summed E-state index contributed by atoms with van der Waals surface area (Å²) in [5.41, 5.74) is 5.82. The van der Waals surface area contributed by atoms with Gasteiger partial charge in [-0.3, -0.25) is 4.79 Å². The minimum Gasteiger partial charge on any atom is -0.497 e. The second kappa shape index (κ2) is 20.4. The molecule has 0 aromatic heterocycles. The molecular formula is C51H60N2O8. The molecule has 61 heavy (non-hydrogen) atoms. The highest BCUT2D eigenvalue weighted by molar-refractivity contribution is 6.03. The SMILES string of the molecule is C=CCO[C@@]12Oc3ccc(Oc4ccc(-c5ccccc5)cc4)cc3[C@H]3[C@H](CCCCO)[C@@H](CCCCO)C=C(C(=NOCC)C[C@@H]1N(C)C(=O)Cc1cccc(OC)c1)[C@H]32. The average Bonchev–Trinajstić information content (AvgIpc) is 3.29. The van der Waals surface area contributed by atoms with Gasteiger partial charge in [0.15, 0.2) is 0 Å². The lowest BCUT2D eigenvalue weighted by molar-refractivity contribution is -0.255. The minimum atomic E-state index is -1.33. The van der Waals surface area contributed by atoms with E-state index in [2.05, 4.69) is 43.0 Å². The Labute approximate surface area is 360 Å². The number of carbonyl (C=O) groups is 1. The molecule has 1 aliphatic heterocycles. The number of nitrogens with zero attached hydrogens (tertiary/aromatic N) is 2. The van der Waals surface area contributed by atoms with Crippen molar-refractivity contribution in [3.05, 3.63) is 132 Å². The third kappa shape index (κ3) is 9.57. The molecule has 1 amide bonds. The second-order valence-corrected chi connectivity index (χ2v) is 16.2. The number of allylic oxidation sites excluding steroid dienone is 1. The van der Waals surface area contributed by atoms with Gasteiger partial charge in [0, 0.05) is 38.2 Å². The summed E-state index contributed by atoms with van der Waals surface area (Å²) in [5, 5.41) is 24.6. The van der Waals surface area contributed by atoms with E-state index >= 15 is 0 Å². The van der Waals surface area contributed by atoms with Crippen molar-refractivity contribution in [2.45, 2.75) is 76.0 Å². The van der Waals surface area contributed by atoms with Crippen molar-refractivity contribution in [1.29, 1.82) is 0 Å². The van der Waals surface area contributed by atoms with E-state index in [0.29, 0.717) is 48.9 Å². The Balaban J connectivity index is 1.36. The molecule has 1 heterocycles. The third-order valence-corrected chi connectivity index (χ3v) is 12.5. The third-order valence-electron chi connectivity index (χ3n) is 12.5. The first kappa shape index (κ1) is 43.7. The fourth-order valence-corrected chi connectivity index (χ4v) is 9.67. The van der Waals surface area contributed by atoms with Crippen molar-refractivity contribution in [3.63, 3.8) is 0 Å². The predicted octanol–water partition coefficient (Wildman–Crippen LogP) is 9.51. The maximum absolute atomic E-state index is 14.5. The number of fused-ring (bicyclic) bond motifs is 2. The van der Waals surface area contributed by atoms with E-state index in [-0.39, 0.29) is 49.9 Å². The van der Waals surface area contributed by atoms with Crippen LogP contribution >= 0.6 is 0 Å². The predicted molar refractivity (Wildman–Crippen MR) is 238 cm³/mol. The molecule has 4 aromatic carbocycles. The van der Waals surface area contributed by atoms with Gasteiger partial charge in [0.1, 0.15) is 35.6 Å². The highest BCUT2D eigenvalue weighted by Crippen LogP contribution is 2.62. The number of aliphatic hydroxyl groups is 2. The van der Waals surface area contributed by atoms with Gasteiger partial charge in [-0.25, -0.2) is 0 Å². The van der Waals surface area contributed by atoms with Crippen LogP contribution in [0.2, 0.25) is 0 Å². The molecule has 2 aliphatic carbocycles. The van der Waals surface area contributed by atoms with E-state index in [1.165, 1.54) is 0 Å².